The Bertz CT molecular complexity index is 647. The molecule has 0 saturated carbocycles. The average molecular weight is 307 g/mol. The summed E-state index contributed by atoms with van der Waals surface area (Å²) in [5.74, 6) is 0.742. The van der Waals surface area contributed by atoms with E-state index in [9.17, 15) is 4.79 Å². The summed E-state index contributed by atoms with van der Waals surface area (Å²) in [4.78, 5) is 11.8. The van der Waals surface area contributed by atoms with Crippen LogP contribution in [-0.2, 0) is 4.79 Å². The molecule has 21 heavy (non-hydrogen) atoms. The zero-order valence-corrected chi connectivity index (χ0v) is 12.2. The molecule has 0 radical (unpaired) electrons. The van der Waals surface area contributed by atoms with E-state index in [1.165, 1.54) is 7.11 Å². The van der Waals surface area contributed by atoms with E-state index in [4.69, 9.17) is 26.8 Å². The van der Waals surface area contributed by atoms with Gasteiger partial charge in [-0.2, -0.15) is 0 Å². The normalized spacial score (nSPS) is 10.0. The van der Waals surface area contributed by atoms with Crippen molar-refractivity contribution < 1.29 is 14.3 Å². The van der Waals surface area contributed by atoms with E-state index in [2.05, 4.69) is 5.32 Å². The predicted molar refractivity (Wildman–Crippen MR) is 83.0 cm³/mol. The molecule has 0 atom stereocenters. The quantitative estimate of drug-likeness (QED) is 0.833. The molecule has 0 unspecified atom stereocenters. The van der Waals surface area contributed by atoms with Crippen LogP contribution in [0.5, 0.6) is 11.5 Å². The average Bonchev–Trinajstić information content (AvgIpc) is 2.47. The molecule has 5 nitrogen and oxygen atoms in total. The first kappa shape index (κ1) is 15.0. The van der Waals surface area contributed by atoms with E-state index in [-0.39, 0.29) is 12.5 Å². The number of benzene rings is 2. The van der Waals surface area contributed by atoms with E-state index < -0.39 is 0 Å². The van der Waals surface area contributed by atoms with Crippen LogP contribution < -0.4 is 20.5 Å². The van der Waals surface area contributed by atoms with Crippen molar-refractivity contribution >= 4 is 28.9 Å². The van der Waals surface area contributed by atoms with Gasteiger partial charge in [0.15, 0.2) is 6.61 Å². The molecule has 0 aromatic heterocycles. The summed E-state index contributed by atoms with van der Waals surface area (Å²) in [5.41, 5.74) is 6.79. The Labute approximate surface area is 127 Å². The number of amides is 1. The lowest BCUT2D eigenvalue weighted by molar-refractivity contribution is -0.118. The molecule has 2 aromatic rings. The van der Waals surface area contributed by atoms with Crippen LogP contribution in [0.2, 0.25) is 5.02 Å². The summed E-state index contributed by atoms with van der Waals surface area (Å²) in [6, 6.07) is 11.9. The fraction of sp³-hybridized carbons (Fsp3) is 0.133. The van der Waals surface area contributed by atoms with E-state index in [1.54, 1.807) is 42.5 Å². The van der Waals surface area contributed by atoms with Gasteiger partial charge >= 0.3 is 0 Å². The van der Waals surface area contributed by atoms with Gasteiger partial charge in [-0.1, -0.05) is 17.7 Å². The number of nitrogens with one attached hydrogen (secondary N) is 1. The second-order valence-electron chi connectivity index (χ2n) is 4.26. The SMILES string of the molecule is COc1cc(NC(=O)COc2cccc(N)c2)ccc1Cl. The molecule has 2 aromatic carbocycles. The lowest BCUT2D eigenvalue weighted by Crippen LogP contribution is -2.20. The monoisotopic (exact) mass is 306 g/mol. The number of carbonyl (C=O) groups excluding carboxylic acids is 1. The summed E-state index contributed by atoms with van der Waals surface area (Å²) in [6.07, 6.45) is 0. The van der Waals surface area contributed by atoms with Crippen LogP contribution in [0.4, 0.5) is 11.4 Å². The van der Waals surface area contributed by atoms with Crippen LogP contribution >= 0.6 is 11.6 Å². The van der Waals surface area contributed by atoms with Crippen molar-refractivity contribution in [3.05, 3.63) is 47.5 Å². The van der Waals surface area contributed by atoms with Crippen molar-refractivity contribution in [2.45, 2.75) is 0 Å². The molecular formula is C15H15ClN2O3. The second-order valence-corrected chi connectivity index (χ2v) is 4.67. The maximum absolute atomic E-state index is 11.8. The zero-order chi connectivity index (χ0) is 15.2. The molecule has 3 N–H and O–H groups in total. The lowest BCUT2D eigenvalue weighted by Gasteiger charge is -2.09. The van der Waals surface area contributed by atoms with Gasteiger partial charge in [-0.25, -0.2) is 0 Å². The zero-order valence-electron chi connectivity index (χ0n) is 11.4. The maximum atomic E-state index is 11.8. The fourth-order valence-corrected chi connectivity index (χ4v) is 1.88. The van der Waals surface area contributed by atoms with E-state index >= 15 is 0 Å². The highest BCUT2D eigenvalue weighted by Gasteiger charge is 2.07. The van der Waals surface area contributed by atoms with Crippen molar-refractivity contribution in [3.8, 4) is 11.5 Å². The van der Waals surface area contributed by atoms with Crippen molar-refractivity contribution in [1.82, 2.24) is 0 Å². The first-order valence-corrected chi connectivity index (χ1v) is 6.58. The third kappa shape index (κ3) is 4.29. The van der Waals surface area contributed by atoms with Crippen LogP contribution in [0, 0.1) is 0 Å². The standard InChI is InChI=1S/C15H15ClN2O3/c1-20-14-8-11(5-6-13(14)16)18-15(19)9-21-12-4-2-3-10(17)7-12/h2-8H,9,17H2,1H3,(H,18,19). The van der Waals surface area contributed by atoms with E-state index in [0.717, 1.165) is 0 Å². The topological polar surface area (TPSA) is 73.6 Å². The fourth-order valence-electron chi connectivity index (χ4n) is 1.69. The summed E-state index contributed by atoms with van der Waals surface area (Å²) in [5, 5.41) is 3.17. The number of ether oxygens (including phenoxy) is 2. The van der Waals surface area contributed by atoms with Gasteiger partial charge in [-0.3, -0.25) is 4.79 Å². The van der Waals surface area contributed by atoms with E-state index in [1.807, 2.05) is 0 Å². The number of hydrogen-bond donors (Lipinski definition) is 2. The number of carbonyl (C=O) groups is 1. The molecule has 0 spiro atoms. The highest BCUT2D eigenvalue weighted by Crippen LogP contribution is 2.27. The van der Waals surface area contributed by atoms with Crippen LogP contribution in [0.1, 0.15) is 0 Å². The van der Waals surface area contributed by atoms with Crippen LogP contribution in [0.25, 0.3) is 0 Å². The first-order valence-electron chi connectivity index (χ1n) is 6.20. The Hall–Kier alpha value is -2.40. The van der Waals surface area contributed by atoms with Crippen LogP contribution in [0.15, 0.2) is 42.5 Å². The van der Waals surface area contributed by atoms with Crippen molar-refractivity contribution in [1.29, 1.82) is 0 Å². The van der Waals surface area contributed by atoms with Gasteiger partial charge in [0, 0.05) is 23.5 Å². The molecule has 0 heterocycles. The van der Waals surface area contributed by atoms with E-state index in [0.29, 0.717) is 27.9 Å². The van der Waals surface area contributed by atoms with Crippen LogP contribution in [0.3, 0.4) is 0 Å². The summed E-state index contributed by atoms with van der Waals surface area (Å²) < 4.78 is 10.4. The van der Waals surface area contributed by atoms with Gasteiger partial charge < -0.3 is 20.5 Å². The predicted octanol–water partition coefficient (Wildman–Crippen LogP) is 2.95. The Morgan fingerprint density at radius 2 is 2.10 bits per heavy atom. The molecule has 0 aliphatic carbocycles. The van der Waals surface area contributed by atoms with Crippen LogP contribution in [-0.4, -0.2) is 19.6 Å². The number of hydrogen-bond acceptors (Lipinski definition) is 4. The van der Waals surface area contributed by atoms with Gasteiger partial charge in [-0.05, 0) is 24.3 Å². The maximum Gasteiger partial charge on any atom is 0.262 e. The number of nitrogen functional groups attached to an aromatic ring is 1. The molecule has 0 fully saturated rings. The van der Waals surface area contributed by atoms with Gasteiger partial charge in [0.1, 0.15) is 11.5 Å². The Morgan fingerprint density at radius 1 is 1.29 bits per heavy atom. The summed E-state index contributed by atoms with van der Waals surface area (Å²) in [6.45, 7) is -0.117. The molecule has 0 bridgehead atoms. The third-order valence-electron chi connectivity index (χ3n) is 2.66. The molecule has 6 heteroatoms. The Balaban J connectivity index is 1.93. The number of halogens is 1. The molecular weight excluding hydrogens is 292 g/mol. The molecule has 0 aliphatic rings. The van der Waals surface area contributed by atoms with Gasteiger partial charge in [0.25, 0.3) is 5.91 Å². The van der Waals surface area contributed by atoms with Crippen molar-refractivity contribution in [2.24, 2.45) is 0 Å². The number of rotatable bonds is 5. The highest BCUT2D eigenvalue weighted by atomic mass is 35.5. The number of methoxy groups -OCH3 is 1. The third-order valence-corrected chi connectivity index (χ3v) is 2.98. The number of nitrogens with two attached hydrogens (primary N) is 1. The van der Waals surface area contributed by atoms with Gasteiger partial charge in [-0.15, -0.1) is 0 Å². The molecule has 2 rings (SSSR count). The minimum Gasteiger partial charge on any atom is -0.495 e. The van der Waals surface area contributed by atoms with Crippen molar-refractivity contribution in [3.63, 3.8) is 0 Å². The van der Waals surface area contributed by atoms with Gasteiger partial charge in [0.2, 0.25) is 0 Å². The minimum absolute atomic E-state index is 0.117. The van der Waals surface area contributed by atoms with Crippen molar-refractivity contribution in [2.75, 3.05) is 24.8 Å². The van der Waals surface area contributed by atoms with Gasteiger partial charge in [0.05, 0.1) is 12.1 Å². The molecule has 110 valence electrons. The Morgan fingerprint density at radius 3 is 2.81 bits per heavy atom. The summed E-state index contributed by atoms with van der Waals surface area (Å²) >= 11 is 5.91. The smallest absolute Gasteiger partial charge is 0.262 e. The summed E-state index contributed by atoms with van der Waals surface area (Å²) in [7, 11) is 1.51. The number of anilines is 2. The minimum atomic E-state index is -0.290. The second kappa shape index (κ2) is 6.85. The largest absolute Gasteiger partial charge is 0.495 e. The molecule has 0 saturated heterocycles. The molecule has 0 aliphatic heterocycles. The Kier molecular flexibility index (Phi) is 4.90. The lowest BCUT2D eigenvalue weighted by atomic mass is 10.3. The first-order chi connectivity index (χ1) is 10.1. The molecule has 1 amide bonds. The highest BCUT2D eigenvalue weighted by molar-refractivity contribution is 6.32.